The number of hydrogen-bond acceptors (Lipinski definition) is 18. The predicted molar refractivity (Wildman–Crippen MR) is 210 cm³/mol. The molecule has 4 aromatic carbocycles. The van der Waals surface area contributed by atoms with E-state index in [2.05, 4.69) is 36.0 Å². The summed E-state index contributed by atoms with van der Waals surface area (Å²) in [5.74, 6) is 0.236. The number of benzene rings is 4. The first-order chi connectivity index (χ1) is 28.3. The van der Waals surface area contributed by atoms with Gasteiger partial charge in [0.2, 0.25) is 11.9 Å². The maximum atomic E-state index is 12.1. The molecule has 6 rings (SSSR count). The Kier molecular flexibility index (Phi) is 13.8. The van der Waals surface area contributed by atoms with E-state index in [4.69, 9.17) is 33.9 Å². The normalized spacial score (nSPS) is 12.6. The number of methoxy groups -OCH3 is 2. The van der Waals surface area contributed by atoms with Gasteiger partial charge in [0.05, 0.1) is 48.1 Å². The van der Waals surface area contributed by atoms with Crippen LogP contribution in [0.1, 0.15) is 43.2 Å². The van der Waals surface area contributed by atoms with Gasteiger partial charge in [-0.1, -0.05) is 12.1 Å². The molecule has 58 heavy (non-hydrogen) atoms. The van der Waals surface area contributed by atoms with Gasteiger partial charge in [0.15, 0.2) is 0 Å². The lowest BCUT2D eigenvalue weighted by atomic mass is 10.1. The maximum Gasteiger partial charge on any atom is 0.337 e. The number of azo groups is 2. The van der Waals surface area contributed by atoms with Crippen molar-refractivity contribution < 1.29 is 38.1 Å². The maximum absolute atomic E-state index is 12.1. The van der Waals surface area contributed by atoms with Crippen molar-refractivity contribution in [2.24, 2.45) is 20.5 Å². The highest BCUT2D eigenvalue weighted by atomic mass is 16.5. The Balaban J connectivity index is 1.16. The van der Waals surface area contributed by atoms with Gasteiger partial charge in [-0.15, -0.1) is 0 Å². The summed E-state index contributed by atoms with van der Waals surface area (Å²) in [5.41, 5.74) is 5.15. The summed E-state index contributed by atoms with van der Waals surface area (Å²) in [6.07, 6.45) is 0.417. The largest absolute Gasteiger partial charge is 0.465 e. The summed E-state index contributed by atoms with van der Waals surface area (Å²) in [7, 11) is 2.49. The Hall–Kier alpha value is -7.47. The standard InChI is InChI=1S/C40H38N10O8/c1-55-37(53)29-19-30(38(54)56-2)21-35(20-29)49-47-33-9-7-31(8-10-33)42-39-43-36(44-40(45-39)50-13-11-41-12-14-50)18-26-3-5-32(6-4-26)46-48-34-16-27(22-57-24-51)15-28(17-34)23-58-25-52/h3-10,15-17,19-21,24-25,41H,11-14,18,22-23H2,1-2H3,(H,42,43,44,45). The first kappa shape index (κ1) is 40.2. The minimum atomic E-state index is -0.626. The Morgan fingerprint density at radius 2 is 1.21 bits per heavy atom. The summed E-state index contributed by atoms with van der Waals surface area (Å²) >= 11 is 0. The molecule has 1 aliphatic heterocycles. The van der Waals surface area contributed by atoms with Crippen molar-refractivity contribution >= 4 is 65.2 Å². The molecular weight excluding hydrogens is 749 g/mol. The number of anilines is 3. The van der Waals surface area contributed by atoms with Crippen molar-refractivity contribution in [1.82, 2.24) is 20.3 Å². The first-order valence-electron chi connectivity index (χ1n) is 17.9. The summed E-state index contributed by atoms with van der Waals surface area (Å²) in [6, 6.07) is 24.1. The molecule has 1 saturated heterocycles. The molecule has 5 aromatic rings. The minimum absolute atomic E-state index is 0.0411. The molecule has 0 radical (unpaired) electrons. The number of hydrogen-bond donors (Lipinski definition) is 2. The zero-order valence-corrected chi connectivity index (χ0v) is 31.5. The molecular formula is C40H38N10O8. The molecule has 0 aliphatic carbocycles. The number of nitrogens with one attached hydrogen (secondary N) is 2. The molecule has 0 unspecified atom stereocenters. The topological polar surface area (TPSA) is 221 Å². The van der Waals surface area contributed by atoms with Gasteiger partial charge in [-0.2, -0.15) is 35.4 Å². The Morgan fingerprint density at radius 1 is 0.672 bits per heavy atom. The second-order valence-electron chi connectivity index (χ2n) is 12.6. The molecule has 0 bridgehead atoms. The Labute approximate surface area is 332 Å². The van der Waals surface area contributed by atoms with E-state index in [1.165, 1.54) is 32.4 Å². The zero-order chi connectivity index (χ0) is 40.7. The molecule has 296 valence electrons. The highest BCUT2D eigenvalue weighted by Gasteiger charge is 2.17. The predicted octanol–water partition coefficient (Wildman–Crippen LogP) is 6.37. The molecule has 18 nitrogen and oxygen atoms in total. The third-order valence-corrected chi connectivity index (χ3v) is 8.49. The van der Waals surface area contributed by atoms with E-state index < -0.39 is 11.9 Å². The van der Waals surface area contributed by atoms with Crippen molar-refractivity contribution in [2.75, 3.05) is 50.6 Å². The van der Waals surface area contributed by atoms with Gasteiger partial charge in [0, 0.05) is 38.3 Å². The monoisotopic (exact) mass is 786 g/mol. The van der Waals surface area contributed by atoms with Crippen LogP contribution in [-0.2, 0) is 48.2 Å². The number of carbonyl (C=O) groups excluding carboxylic acids is 4. The van der Waals surface area contributed by atoms with E-state index in [0.717, 1.165) is 31.7 Å². The number of nitrogens with zero attached hydrogens (tertiary/aromatic N) is 8. The summed E-state index contributed by atoms with van der Waals surface area (Å²) in [5, 5.41) is 23.8. The van der Waals surface area contributed by atoms with Gasteiger partial charge >= 0.3 is 11.9 Å². The minimum Gasteiger partial charge on any atom is -0.465 e. The van der Waals surface area contributed by atoms with Crippen LogP contribution in [0.5, 0.6) is 0 Å². The molecule has 1 aliphatic rings. The van der Waals surface area contributed by atoms with Gasteiger partial charge < -0.3 is 34.5 Å². The van der Waals surface area contributed by atoms with Crippen molar-refractivity contribution in [3.63, 3.8) is 0 Å². The van der Waals surface area contributed by atoms with Crippen LogP contribution in [0.25, 0.3) is 0 Å². The summed E-state index contributed by atoms with van der Waals surface area (Å²) < 4.78 is 19.3. The molecule has 1 fully saturated rings. The van der Waals surface area contributed by atoms with Crippen LogP contribution in [0, 0.1) is 0 Å². The van der Waals surface area contributed by atoms with Crippen LogP contribution < -0.4 is 15.5 Å². The average Bonchev–Trinajstić information content (AvgIpc) is 3.26. The van der Waals surface area contributed by atoms with Gasteiger partial charge in [0.1, 0.15) is 19.0 Å². The van der Waals surface area contributed by atoms with Gasteiger partial charge in [-0.05, 0) is 89.5 Å². The molecule has 0 saturated carbocycles. The highest BCUT2D eigenvalue weighted by molar-refractivity contribution is 5.96. The number of esters is 2. The lowest BCUT2D eigenvalue weighted by Crippen LogP contribution is -2.44. The van der Waals surface area contributed by atoms with E-state index in [9.17, 15) is 19.2 Å². The van der Waals surface area contributed by atoms with Gasteiger partial charge in [0.25, 0.3) is 12.9 Å². The van der Waals surface area contributed by atoms with E-state index in [0.29, 0.717) is 71.0 Å². The molecule has 2 N–H and O–H groups in total. The fraction of sp³-hybridized carbons (Fsp3) is 0.225. The summed E-state index contributed by atoms with van der Waals surface area (Å²) in [6.45, 7) is 3.89. The third-order valence-electron chi connectivity index (χ3n) is 8.49. The number of aromatic nitrogens is 3. The first-order valence-corrected chi connectivity index (χ1v) is 17.9. The van der Waals surface area contributed by atoms with Crippen LogP contribution in [0.4, 0.5) is 40.3 Å². The highest BCUT2D eigenvalue weighted by Crippen LogP contribution is 2.26. The van der Waals surface area contributed by atoms with E-state index in [1.807, 2.05) is 24.3 Å². The van der Waals surface area contributed by atoms with Crippen LogP contribution >= 0.6 is 0 Å². The Morgan fingerprint density at radius 3 is 1.76 bits per heavy atom. The Bertz CT molecular complexity index is 2230. The SMILES string of the molecule is COC(=O)c1cc(N=Nc2ccc(Nc3nc(Cc4ccc(N=Nc5cc(COC=O)cc(COC=O)c5)cc4)nc(N4CCNCC4)n3)cc2)cc(C(=O)OC)c1. The number of ether oxygens (including phenoxy) is 4. The molecule has 1 aromatic heterocycles. The number of piperazine rings is 1. The van der Waals surface area contributed by atoms with Crippen molar-refractivity contribution in [2.45, 2.75) is 19.6 Å². The van der Waals surface area contributed by atoms with Crippen LogP contribution in [0.15, 0.2) is 105 Å². The van der Waals surface area contributed by atoms with Gasteiger partial charge in [-0.3, -0.25) is 9.59 Å². The second-order valence-corrected chi connectivity index (χ2v) is 12.6. The number of rotatable bonds is 17. The summed E-state index contributed by atoms with van der Waals surface area (Å²) in [4.78, 5) is 62.1. The lowest BCUT2D eigenvalue weighted by Gasteiger charge is -2.27. The van der Waals surface area contributed by atoms with E-state index in [1.54, 1.807) is 42.5 Å². The molecule has 0 atom stereocenters. The number of carbonyl (C=O) groups is 4. The smallest absolute Gasteiger partial charge is 0.337 e. The fourth-order valence-electron chi connectivity index (χ4n) is 5.75. The molecule has 0 spiro atoms. The van der Waals surface area contributed by atoms with E-state index in [-0.39, 0.29) is 30.0 Å². The lowest BCUT2D eigenvalue weighted by molar-refractivity contribution is -0.130. The molecule has 18 heteroatoms. The zero-order valence-electron chi connectivity index (χ0n) is 31.5. The van der Waals surface area contributed by atoms with Crippen LogP contribution in [0.2, 0.25) is 0 Å². The fourth-order valence-corrected chi connectivity index (χ4v) is 5.75. The quantitative estimate of drug-likeness (QED) is 0.0453. The average molecular weight is 787 g/mol. The van der Waals surface area contributed by atoms with Crippen LogP contribution in [0.3, 0.4) is 0 Å². The van der Waals surface area contributed by atoms with Crippen molar-refractivity contribution in [1.29, 1.82) is 0 Å². The van der Waals surface area contributed by atoms with Crippen LogP contribution in [-0.4, -0.2) is 80.2 Å². The molecule has 2 heterocycles. The third kappa shape index (κ3) is 11.3. The molecule has 0 amide bonds. The second kappa shape index (κ2) is 19.9. The van der Waals surface area contributed by atoms with Crippen molar-refractivity contribution in [3.8, 4) is 0 Å². The van der Waals surface area contributed by atoms with Gasteiger partial charge in [-0.25, -0.2) is 9.59 Å². The van der Waals surface area contributed by atoms with E-state index >= 15 is 0 Å². The van der Waals surface area contributed by atoms with Crippen molar-refractivity contribution in [3.05, 3.63) is 119 Å².